The summed E-state index contributed by atoms with van der Waals surface area (Å²) in [4.78, 5) is 20.7. The summed E-state index contributed by atoms with van der Waals surface area (Å²) in [5, 5.41) is 2.43. The van der Waals surface area contributed by atoms with Gasteiger partial charge in [0, 0.05) is 33.6 Å². The average molecular weight is 823 g/mol. The maximum atomic E-state index is 5.22. The Bertz CT molecular complexity index is 2900. The Kier molecular flexibility index (Phi) is 13.3. The highest BCUT2D eigenvalue weighted by molar-refractivity contribution is 5.76. The minimum absolute atomic E-state index is 0.0789. The summed E-state index contributed by atoms with van der Waals surface area (Å²) in [5.41, 5.74) is 13.9. The summed E-state index contributed by atoms with van der Waals surface area (Å²) in [6.45, 7) is 15.0. The molecule has 2 heterocycles. The van der Waals surface area contributed by atoms with Crippen LogP contribution in [0, 0.1) is 0 Å². The highest BCUT2D eigenvalue weighted by atomic mass is 14.9. The zero-order valence-electron chi connectivity index (χ0n) is 37.5. The molecule has 0 aliphatic heterocycles. The lowest BCUT2D eigenvalue weighted by Crippen LogP contribution is -2.26. The second-order valence-electron chi connectivity index (χ2n) is 16.7. The van der Waals surface area contributed by atoms with Gasteiger partial charge in [0.25, 0.3) is 0 Å². The molecular formula is C59H58N4. The standard InChI is InChI=1S/C59H58N4/c1-7-20-48-38-50(28-27-43(48)9-3)56-40-55(62-58(63-56)47-24-16-13-17-25-47)45-31-35-52(36-32-45)59(10-4,11-5)51-33-29-44(30-34-51)54-39-53(60-57(61-54)46-22-14-12-15-23-46)41(6)37-49-26-19-18-21-42(49)8-2/h7-9,12,14-15,18-24,26-41H,3,10-11,13,16-17,25H2,1-2,4-6H3/b20-7-,42-8-,49-37-. The van der Waals surface area contributed by atoms with Gasteiger partial charge >= 0.3 is 0 Å². The van der Waals surface area contributed by atoms with Crippen LogP contribution in [0.15, 0.2) is 152 Å². The molecule has 0 saturated heterocycles. The predicted molar refractivity (Wildman–Crippen MR) is 267 cm³/mol. The van der Waals surface area contributed by atoms with Crippen molar-refractivity contribution in [2.75, 3.05) is 0 Å². The zero-order chi connectivity index (χ0) is 43.8. The number of hydrogen-bond donors (Lipinski definition) is 0. The molecule has 1 unspecified atom stereocenters. The highest BCUT2D eigenvalue weighted by Gasteiger charge is 2.31. The molecule has 314 valence electrons. The Morgan fingerprint density at radius 1 is 0.603 bits per heavy atom. The summed E-state index contributed by atoms with van der Waals surface area (Å²) >= 11 is 0. The predicted octanol–water partition coefficient (Wildman–Crippen LogP) is 14.1. The summed E-state index contributed by atoms with van der Waals surface area (Å²) < 4.78 is 0. The van der Waals surface area contributed by atoms with Gasteiger partial charge in [-0.15, -0.1) is 0 Å². The van der Waals surface area contributed by atoms with E-state index < -0.39 is 0 Å². The number of nitrogens with zero attached hydrogens (tertiary/aromatic N) is 4. The molecule has 0 saturated carbocycles. The highest BCUT2D eigenvalue weighted by Crippen LogP contribution is 2.41. The molecule has 0 spiro atoms. The van der Waals surface area contributed by atoms with Crippen LogP contribution in [0.4, 0.5) is 0 Å². The van der Waals surface area contributed by atoms with Gasteiger partial charge in [0.15, 0.2) is 11.6 Å². The molecule has 1 atom stereocenters. The normalized spacial score (nSPS) is 14.2. The average Bonchev–Trinajstić information content (AvgIpc) is 3.35. The van der Waals surface area contributed by atoms with Crippen molar-refractivity contribution in [3.63, 3.8) is 0 Å². The minimum atomic E-state index is -0.165. The van der Waals surface area contributed by atoms with Crippen LogP contribution in [-0.4, -0.2) is 19.9 Å². The summed E-state index contributed by atoms with van der Waals surface area (Å²) in [5.74, 6) is 1.65. The van der Waals surface area contributed by atoms with Gasteiger partial charge in [0.05, 0.1) is 22.8 Å². The SMILES string of the molecule is C=Cc1ccc(-c2cc(-c3ccc(C(CC)(CC)c4ccc(-c5cc(C(C)/C=c6/cccc/c6=C/C)nc(-c6ccccc6)n5)cc4)cc3)nc(C3=CCCCC3)n2)cc1/C=C\C. The minimum Gasteiger partial charge on any atom is -0.232 e. The fourth-order valence-corrected chi connectivity index (χ4v) is 9.17. The molecule has 0 fully saturated rings. The first-order valence-corrected chi connectivity index (χ1v) is 22.7. The Hall–Kier alpha value is -6.78. The van der Waals surface area contributed by atoms with E-state index in [0.717, 1.165) is 93.5 Å². The first-order chi connectivity index (χ1) is 30.9. The third kappa shape index (κ3) is 9.22. The van der Waals surface area contributed by atoms with Crippen LogP contribution >= 0.6 is 0 Å². The summed E-state index contributed by atoms with van der Waals surface area (Å²) in [7, 11) is 0. The van der Waals surface area contributed by atoms with E-state index in [4.69, 9.17) is 19.9 Å². The third-order valence-electron chi connectivity index (χ3n) is 12.9. The van der Waals surface area contributed by atoms with Crippen molar-refractivity contribution in [2.24, 2.45) is 0 Å². The lowest BCUT2D eigenvalue weighted by molar-refractivity contribution is 0.478. The molecule has 4 nitrogen and oxygen atoms in total. The van der Waals surface area contributed by atoms with E-state index in [1.54, 1.807) is 0 Å². The van der Waals surface area contributed by atoms with E-state index in [1.165, 1.54) is 40.0 Å². The van der Waals surface area contributed by atoms with E-state index in [9.17, 15) is 0 Å². The van der Waals surface area contributed by atoms with Crippen LogP contribution in [0.2, 0.25) is 0 Å². The van der Waals surface area contributed by atoms with E-state index in [-0.39, 0.29) is 11.3 Å². The monoisotopic (exact) mass is 822 g/mol. The number of aromatic nitrogens is 4. The van der Waals surface area contributed by atoms with Gasteiger partial charge in [0.1, 0.15) is 0 Å². The number of hydrogen-bond acceptors (Lipinski definition) is 4. The van der Waals surface area contributed by atoms with Gasteiger partial charge in [-0.05, 0) is 109 Å². The third-order valence-corrected chi connectivity index (χ3v) is 12.9. The molecule has 0 bridgehead atoms. The van der Waals surface area contributed by atoms with Crippen LogP contribution in [-0.2, 0) is 5.41 Å². The van der Waals surface area contributed by atoms with Crippen molar-refractivity contribution < 1.29 is 0 Å². The molecule has 5 aromatic carbocycles. The maximum absolute atomic E-state index is 5.22. The van der Waals surface area contributed by atoms with Crippen LogP contribution in [0.1, 0.15) is 113 Å². The largest absolute Gasteiger partial charge is 0.232 e. The number of rotatable bonds is 13. The molecular weight excluding hydrogens is 765 g/mol. The van der Waals surface area contributed by atoms with Crippen molar-refractivity contribution in [3.05, 3.63) is 196 Å². The van der Waals surface area contributed by atoms with Crippen molar-refractivity contribution in [1.29, 1.82) is 0 Å². The van der Waals surface area contributed by atoms with Crippen LogP contribution < -0.4 is 10.4 Å². The molecule has 63 heavy (non-hydrogen) atoms. The van der Waals surface area contributed by atoms with Crippen LogP contribution in [0.3, 0.4) is 0 Å². The van der Waals surface area contributed by atoms with Gasteiger partial charge in [0.2, 0.25) is 0 Å². The Morgan fingerprint density at radius 3 is 1.81 bits per heavy atom. The van der Waals surface area contributed by atoms with Gasteiger partial charge in [-0.3, -0.25) is 0 Å². The number of allylic oxidation sites excluding steroid dienone is 3. The topological polar surface area (TPSA) is 51.6 Å². The van der Waals surface area contributed by atoms with Gasteiger partial charge in [-0.2, -0.15) is 0 Å². The molecule has 1 aliphatic carbocycles. The van der Waals surface area contributed by atoms with Crippen molar-refractivity contribution in [3.8, 4) is 45.2 Å². The Labute approximate surface area is 374 Å². The van der Waals surface area contributed by atoms with E-state index in [2.05, 4.69) is 180 Å². The molecule has 1 aliphatic rings. The molecule has 8 rings (SSSR count). The second kappa shape index (κ2) is 19.5. The van der Waals surface area contributed by atoms with E-state index in [0.29, 0.717) is 0 Å². The van der Waals surface area contributed by atoms with Crippen molar-refractivity contribution >= 4 is 29.9 Å². The molecule has 2 aromatic heterocycles. The fourth-order valence-electron chi connectivity index (χ4n) is 9.17. The summed E-state index contributed by atoms with van der Waals surface area (Å²) in [6, 6.07) is 47.9. The first-order valence-electron chi connectivity index (χ1n) is 22.7. The molecule has 0 amide bonds. The van der Waals surface area contributed by atoms with Gasteiger partial charge < -0.3 is 0 Å². The zero-order valence-corrected chi connectivity index (χ0v) is 37.5. The van der Waals surface area contributed by atoms with Crippen molar-refractivity contribution in [1.82, 2.24) is 19.9 Å². The molecule has 4 heteroatoms. The molecule has 0 N–H and O–H groups in total. The van der Waals surface area contributed by atoms with Crippen LogP contribution in [0.25, 0.3) is 75.0 Å². The lowest BCUT2D eigenvalue weighted by atomic mass is 9.70. The quantitative estimate of drug-likeness (QED) is 0.116. The first kappa shape index (κ1) is 42.9. The van der Waals surface area contributed by atoms with Gasteiger partial charge in [-0.25, -0.2) is 19.9 Å². The lowest BCUT2D eigenvalue weighted by Gasteiger charge is -2.33. The smallest absolute Gasteiger partial charge is 0.160 e. The Balaban J connectivity index is 1.14. The number of benzene rings is 5. The molecule has 7 aromatic rings. The van der Waals surface area contributed by atoms with E-state index >= 15 is 0 Å². The van der Waals surface area contributed by atoms with E-state index in [1.807, 2.05) is 31.2 Å². The summed E-state index contributed by atoms with van der Waals surface area (Å²) in [6.07, 6.45) is 19.3. The van der Waals surface area contributed by atoms with Crippen LogP contribution in [0.5, 0.6) is 0 Å². The fraction of sp³-hybridized carbons (Fsp3) is 0.220. The van der Waals surface area contributed by atoms with Gasteiger partial charge in [-0.1, -0.05) is 179 Å². The maximum Gasteiger partial charge on any atom is 0.160 e. The van der Waals surface area contributed by atoms with Crippen molar-refractivity contribution in [2.45, 2.75) is 84.5 Å². The Morgan fingerprint density at radius 2 is 1.21 bits per heavy atom. The molecule has 0 radical (unpaired) electrons. The second-order valence-corrected chi connectivity index (χ2v) is 16.7.